The molecule has 3 atom stereocenters. The fraction of sp³-hybridized carbons (Fsp3) is 0.591. The standard InChI is InChI=1S/C22H29N3O7/c1-11-8-6-7-9-22(11)20(29)25(21(30)24-22)10-15(26)32-14(4)18(27)17-12(2)16(13(3)23-17)19(28)31-5/h11,14,23H,6-10H2,1-5H3,(H,24,30). The third kappa shape index (κ3) is 3.89. The van der Waals surface area contributed by atoms with Crippen LogP contribution in [0.3, 0.4) is 0 Å². The van der Waals surface area contributed by atoms with E-state index in [9.17, 15) is 24.0 Å². The van der Waals surface area contributed by atoms with Gasteiger partial charge in [0.2, 0.25) is 5.78 Å². The number of aromatic nitrogens is 1. The predicted molar refractivity (Wildman–Crippen MR) is 112 cm³/mol. The molecule has 1 aromatic heterocycles. The number of amides is 3. The van der Waals surface area contributed by atoms with Gasteiger partial charge in [-0.3, -0.25) is 19.3 Å². The quantitative estimate of drug-likeness (QED) is 0.387. The lowest BCUT2D eigenvalue weighted by molar-refractivity contribution is -0.150. The van der Waals surface area contributed by atoms with Gasteiger partial charge in [0.1, 0.15) is 12.1 Å². The minimum absolute atomic E-state index is 0.0303. The van der Waals surface area contributed by atoms with Gasteiger partial charge in [-0.15, -0.1) is 0 Å². The number of nitrogens with one attached hydrogen (secondary N) is 2. The normalized spacial score (nSPS) is 23.8. The maximum Gasteiger partial charge on any atom is 0.339 e. The van der Waals surface area contributed by atoms with E-state index in [0.717, 1.165) is 24.2 Å². The fourth-order valence-electron chi connectivity index (χ4n) is 4.66. The molecular weight excluding hydrogens is 418 g/mol. The Morgan fingerprint density at radius 2 is 1.91 bits per heavy atom. The Hall–Kier alpha value is -3.17. The number of hydrogen-bond acceptors (Lipinski definition) is 7. The Kier molecular flexibility index (Phi) is 6.43. The highest BCUT2D eigenvalue weighted by molar-refractivity contribution is 6.09. The Morgan fingerprint density at radius 3 is 2.53 bits per heavy atom. The number of esters is 2. The molecule has 1 aromatic rings. The van der Waals surface area contributed by atoms with Gasteiger partial charge in [0.15, 0.2) is 6.10 Å². The minimum Gasteiger partial charge on any atom is -0.465 e. The number of Topliss-reactive ketones (excluding diaryl/α,β-unsaturated/α-hetero) is 1. The zero-order valence-electron chi connectivity index (χ0n) is 19.0. The van der Waals surface area contributed by atoms with Crippen LogP contribution in [0.15, 0.2) is 0 Å². The number of ether oxygens (including phenoxy) is 2. The lowest BCUT2D eigenvalue weighted by atomic mass is 9.73. The van der Waals surface area contributed by atoms with Crippen molar-refractivity contribution >= 4 is 29.7 Å². The van der Waals surface area contributed by atoms with E-state index in [2.05, 4.69) is 10.3 Å². The molecule has 10 nitrogen and oxygen atoms in total. The molecule has 1 spiro atoms. The van der Waals surface area contributed by atoms with Crippen molar-refractivity contribution < 1.29 is 33.4 Å². The Labute approximate surface area is 186 Å². The van der Waals surface area contributed by atoms with Crippen molar-refractivity contribution in [3.63, 3.8) is 0 Å². The average molecular weight is 447 g/mol. The Balaban J connectivity index is 1.68. The van der Waals surface area contributed by atoms with Crippen molar-refractivity contribution in [1.29, 1.82) is 0 Å². The summed E-state index contributed by atoms with van der Waals surface area (Å²) in [5.74, 6) is -2.45. The minimum atomic E-state index is -1.19. The molecule has 0 bridgehead atoms. The van der Waals surface area contributed by atoms with E-state index in [0.29, 0.717) is 17.7 Å². The lowest BCUT2D eigenvalue weighted by Crippen LogP contribution is -2.54. The van der Waals surface area contributed by atoms with Crippen LogP contribution in [0.1, 0.15) is 71.6 Å². The summed E-state index contributed by atoms with van der Waals surface area (Å²) < 4.78 is 9.95. The second-order valence-corrected chi connectivity index (χ2v) is 8.55. The number of urea groups is 1. The summed E-state index contributed by atoms with van der Waals surface area (Å²) in [4.78, 5) is 66.3. The van der Waals surface area contributed by atoms with E-state index in [1.165, 1.54) is 14.0 Å². The van der Waals surface area contributed by atoms with Crippen molar-refractivity contribution in [2.24, 2.45) is 5.92 Å². The highest BCUT2D eigenvalue weighted by atomic mass is 16.5. The second-order valence-electron chi connectivity index (χ2n) is 8.55. The molecule has 174 valence electrons. The Bertz CT molecular complexity index is 982. The zero-order chi connectivity index (χ0) is 23.8. The van der Waals surface area contributed by atoms with E-state index in [-0.39, 0.29) is 17.2 Å². The summed E-state index contributed by atoms with van der Waals surface area (Å²) in [5.41, 5.74) is 0.265. The highest BCUT2D eigenvalue weighted by Gasteiger charge is 2.55. The number of aryl methyl sites for hydroxylation is 1. The first-order valence-corrected chi connectivity index (χ1v) is 10.7. The molecule has 0 aromatic carbocycles. The topological polar surface area (TPSA) is 135 Å². The fourth-order valence-corrected chi connectivity index (χ4v) is 4.66. The maximum atomic E-state index is 13.0. The summed E-state index contributed by atoms with van der Waals surface area (Å²) in [6.45, 7) is 5.96. The molecule has 1 saturated heterocycles. The molecule has 2 fully saturated rings. The number of aromatic amines is 1. The summed E-state index contributed by atoms with van der Waals surface area (Å²) in [6, 6.07) is -0.627. The number of ketones is 1. The van der Waals surface area contributed by atoms with E-state index in [1.54, 1.807) is 13.8 Å². The van der Waals surface area contributed by atoms with Gasteiger partial charge in [0, 0.05) is 5.69 Å². The molecule has 3 amide bonds. The largest absolute Gasteiger partial charge is 0.465 e. The maximum absolute atomic E-state index is 13.0. The number of rotatable bonds is 6. The van der Waals surface area contributed by atoms with Crippen molar-refractivity contribution in [2.45, 2.75) is 65.0 Å². The molecule has 2 aliphatic rings. The third-order valence-corrected chi connectivity index (χ3v) is 6.54. The first kappa shape index (κ1) is 23.5. The first-order valence-electron chi connectivity index (χ1n) is 10.7. The molecule has 1 aliphatic carbocycles. The van der Waals surface area contributed by atoms with Crippen molar-refractivity contribution in [3.05, 3.63) is 22.5 Å². The molecule has 0 radical (unpaired) electrons. The number of imide groups is 1. The van der Waals surface area contributed by atoms with Crippen LogP contribution in [0, 0.1) is 19.8 Å². The van der Waals surface area contributed by atoms with Gasteiger partial charge >= 0.3 is 18.0 Å². The van der Waals surface area contributed by atoms with Crippen LogP contribution < -0.4 is 5.32 Å². The van der Waals surface area contributed by atoms with Crippen molar-refractivity contribution in [2.75, 3.05) is 13.7 Å². The monoisotopic (exact) mass is 447 g/mol. The number of methoxy groups -OCH3 is 1. The summed E-state index contributed by atoms with van der Waals surface area (Å²) in [5, 5.41) is 2.77. The van der Waals surface area contributed by atoms with Gasteiger partial charge in [0.05, 0.1) is 18.4 Å². The molecule has 10 heteroatoms. The third-order valence-electron chi connectivity index (χ3n) is 6.54. The van der Waals surface area contributed by atoms with E-state index >= 15 is 0 Å². The molecule has 2 N–H and O–H groups in total. The SMILES string of the molecule is COC(=O)c1c(C)[nH]c(C(=O)C(C)OC(=O)CN2C(=O)NC3(CCCCC3C)C2=O)c1C. The van der Waals surface area contributed by atoms with Crippen molar-refractivity contribution in [1.82, 2.24) is 15.2 Å². The van der Waals surface area contributed by atoms with Gasteiger partial charge in [0.25, 0.3) is 5.91 Å². The van der Waals surface area contributed by atoms with Crippen molar-refractivity contribution in [3.8, 4) is 0 Å². The van der Waals surface area contributed by atoms with Gasteiger partial charge in [-0.2, -0.15) is 0 Å². The molecule has 3 rings (SSSR count). The molecular formula is C22H29N3O7. The van der Waals surface area contributed by atoms with Crippen LogP contribution >= 0.6 is 0 Å². The van der Waals surface area contributed by atoms with E-state index in [1.807, 2.05) is 6.92 Å². The number of nitrogens with zero attached hydrogens (tertiary/aromatic N) is 1. The average Bonchev–Trinajstić information content (AvgIpc) is 3.17. The van der Waals surface area contributed by atoms with Gasteiger partial charge in [-0.25, -0.2) is 9.59 Å². The molecule has 32 heavy (non-hydrogen) atoms. The number of carbonyl (C=O) groups is 5. The van der Waals surface area contributed by atoms with Crippen LogP contribution in [0.25, 0.3) is 0 Å². The van der Waals surface area contributed by atoms with Crippen LogP contribution in [-0.2, 0) is 19.1 Å². The molecule has 1 saturated carbocycles. The van der Waals surface area contributed by atoms with Gasteiger partial charge < -0.3 is 19.8 Å². The number of carbonyl (C=O) groups excluding carboxylic acids is 5. The number of H-pyrrole nitrogens is 1. The van der Waals surface area contributed by atoms with Crippen LogP contribution in [0.2, 0.25) is 0 Å². The van der Waals surface area contributed by atoms with Crippen LogP contribution in [0.5, 0.6) is 0 Å². The zero-order valence-corrected chi connectivity index (χ0v) is 19.0. The molecule has 3 unspecified atom stereocenters. The summed E-state index contributed by atoms with van der Waals surface area (Å²) >= 11 is 0. The van der Waals surface area contributed by atoms with E-state index in [4.69, 9.17) is 9.47 Å². The van der Waals surface area contributed by atoms with Gasteiger partial charge in [-0.1, -0.05) is 19.8 Å². The van der Waals surface area contributed by atoms with Crippen LogP contribution in [0.4, 0.5) is 4.79 Å². The van der Waals surface area contributed by atoms with Crippen LogP contribution in [-0.4, -0.2) is 64.8 Å². The van der Waals surface area contributed by atoms with E-state index < -0.39 is 47.8 Å². The molecule has 2 heterocycles. The highest BCUT2D eigenvalue weighted by Crippen LogP contribution is 2.38. The first-order chi connectivity index (χ1) is 15.0. The smallest absolute Gasteiger partial charge is 0.339 e. The lowest BCUT2D eigenvalue weighted by Gasteiger charge is -2.36. The number of hydrogen-bond donors (Lipinski definition) is 2. The summed E-state index contributed by atoms with van der Waals surface area (Å²) in [6.07, 6.45) is 1.98. The predicted octanol–water partition coefficient (Wildman–Crippen LogP) is 2.03. The second kappa shape index (κ2) is 8.76. The van der Waals surface area contributed by atoms with Gasteiger partial charge in [-0.05, 0) is 45.1 Å². The summed E-state index contributed by atoms with van der Waals surface area (Å²) in [7, 11) is 1.24. The molecule has 1 aliphatic heterocycles. The Morgan fingerprint density at radius 1 is 1.22 bits per heavy atom.